The molecule has 6 heteroatoms. The molecule has 0 aromatic rings. The van der Waals surface area contributed by atoms with E-state index in [1.807, 2.05) is 0 Å². The molecule has 0 amide bonds. The Labute approximate surface area is 89.9 Å². The minimum absolute atomic E-state index is 0. The zero-order valence-electron chi connectivity index (χ0n) is 2.79. The van der Waals surface area contributed by atoms with Crippen molar-refractivity contribution in [1.82, 2.24) is 0 Å². The van der Waals surface area contributed by atoms with Crippen molar-refractivity contribution in [3.8, 4) is 0 Å². The van der Waals surface area contributed by atoms with Crippen molar-refractivity contribution in [2.75, 3.05) is 0 Å². The Hall–Kier alpha value is 2.48. The van der Waals surface area contributed by atoms with E-state index in [2.05, 4.69) is 0 Å². The molecule has 0 saturated heterocycles. The summed E-state index contributed by atoms with van der Waals surface area (Å²) in [6, 6.07) is 0. The second-order valence-electron chi connectivity index (χ2n) is 0. The average molecular weight is 308 g/mol. The summed E-state index contributed by atoms with van der Waals surface area (Å²) in [5.74, 6) is 0. The molecule has 36 valence electrons. The van der Waals surface area contributed by atoms with E-state index in [1.54, 1.807) is 0 Å². The molecule has 0 aliphatic carbocycles. The minimum Gasteiger partial charge on any atom is 4.00 e. The molecule has 0 bridgehead atoms. The molecule has 2 nitrogen and oxygen atoms in total. The fraction of sp³-hybridized carbons (Fsp3) is 0. The van der Waals surface area contributed by atoms with Gasteiger partial charge in [0, 0.05) is 34.4 Å². The van der Waals surface area contributed by atoms with Gasteiger partial charge in [-0.2, -0.15) is 0 Å². The molecule has 0 saturated carbocycles. The van der Waals surface area contributed by atoms with Gasteiger partial charge in [-0.3, -0.25) is 0 Å². The van der Waals surface area contributed by atoms with Gasteiger partial charge in [0.25, 0.3) is 0 Å². The second-order valence-corrected chi connectivity index (χ2v) is 0. The van der Waals surface area contributed by atoms with Crippen molar-refractivity contribution in [2.24, 2.45) is 0 Å². The van der Waals surface area contributed by atoms with E-state index in [1.165, 1.54) is 0 Å². The molecule has 0 heterocycles. The Kier molecular flexibility index (Phi) is 654. The summed E-state index contributed by atoms with van der Waals surface area (Å²) in [4.78, 5) is 0. The van der Waals surface area contributed by atoms with Gasteiger partial charge in [-0.15, -0.1) is 0 Å². The van der Waals surface area contributed by atoms with E-state index in [4.69, 9.17) is 0 Å². The quantitative estimate of drug-likeness (QED) is 0.507. The van der Waals surface area contributed by atoms with Crippen LogP contribution < -0.4 is 0 Å². The first-order valence-corrected chi connectivity index (χ1v) is 0. The summed E-state index contributed by atoms with van der Waals surface area (Å²) in [6.07, 6.45) is 0. The zero-order valence-corrected chi connectivity index (χ0v) is 10.8. The van der Waals surface area contributed by atoms with E-state index >= 15 is 0 Å². The molecule has 2 radical (unpaired) electrons. The third-order valence-electron chi connectivity index (χ3n) is 0. The number of rotatable bonds is 0. The maximum Gasteiger partial charge on any atom is 4.00 e. The van der Waals surface area contributed by atoms with Crippen LogP contribution in [0.1, 0.15) is 0 Å². The first kappa shape index (κ1) is 77.0. The molecule has 6 heavy (non-hydrogen) atoms. The predicted molar refractivity (Wildman–Crippen MR) is 9.92 cm³/mol. The van der Waals surface area contributed by atoms with Crippen LogP contribution >= 0.6 is 0 Å². The SMILES string of the molecule is [Cr].[Fe].[O-2].[O-2].[SnH2].[Ti+4]. The maximum absolute atomic E-state index is 0. The molecule has 0 rings (SSSR count). The first-order chi connectivity index (χ1) is 0. The fourth-order valence-corrected chi connectivity index (χ4v) is 0. The van der Waals surface area contributed by atoms with Crippen molar-refractivity contribution in [1.29, 1.82) is 0 Å². The Morgan fingerprint density at radius 2 is 0.833 bits per heavy atom. The van der Waals surface area contributed by atoms with E-state index < -0.39 is 0 Å². The molecular formula is H2CrFeO2SnTi. The van der Waals surface area contributed by atoms with Crippen molar-refractivity contribution in [2.45, 2.75) is 0 Å². The third kappa shape index (κ3) is 31.6. The first-order valence-electron chi connectivity index (χ1n) is 0. The Morgan fingerprint density at radius 1 is 0.833 bits per heavy atom. The van der Waals surface area contributed by atoms with Gasteiger partial charge in [0.05, 0.1) is 0 Å². The van der Waals surface area contributed by atoms with Gasteiger partial charge in [-0.1, -0.05) is 0 Å². The fourth-order valence-electron chi connectivity index (χ4n) is 0. The Morgan fingerprint density at radius 3 is 0.833 bits per heavy atom. The van der Waals surface area contributed by atoms with Gasteiger partial charge in [0.1, 0.15) is 0 Å². The minimum atomic E-state index is 0. The smallest absolute Gasteiger partial charge is 4.00 e. The molecule has 0 spiro atoms. The van der Waals surface area contributed by atoms with E-state index in [0.29, 0.717) is 0 Å². The summed E-state index contributed by atoms with van der Waals surface area (Å²) in [5.41, 5.74) is 0. The summed E-state index contributed by atoms with van der Waals surface area (Å²) in [7, 11) is 0. The number of hydrogen-bond acceptors (Lipinski definition) is 0. The molecule has 0 fully saturated rings. The van der Waals surface area contributed by atoms with Gasteiger partial charge in [0.2, 0.25) is 0 Å². The average Bonchev–Trinajstić information content (AvgIpc) is 0. The molecule has 0 aliphatic rings. The summed E-state index contributed by atoms with van der Waals surface area (Å²) >= 11 is 0. The molecular weight excluding hydrogens is 306 g/mol. The van der Waals surface area contributed by atoms with Gasteiger partial charge in [0.15, 0.2) is 0 Å². The second kappa shape index (κ2) is 51.0. The summed E-state index contributed by atoms with van der Waals surface area (Å²) in [5, 5.41) is 0. The van der Waals surface area contributed by atoms with Crippen molar-refractivity contribution >= 4 is 23.9 Å². The van der Waals surface area contributed by atoms with E-state index in [-0.39, 0.29) is 91.0 Å². The van der Waals surface area contributed by atoms with Crippen LogP contribution in [0.4, 0.5) is 0 Å². The van der Waals surface area contributed by atoms with Gasteiger partial charge >= 0.3 is 45.6 Å². The maximum atomic E-state index is 0. The summed E-state index contributed by atoms with van der Waals surface area (Å²) in [6.45, 7) is 0. The Balaban J connectivity index is 0. The standard InChI is InChI=1S/Cr.Fe.2O.Sn.Ti.2H/q;;2*-2;;+4;;. The number of hydrogen-bond donors (Lipinski definition) is 0. The third-order valence-corrected chi connectivity index (χ3v) is 0. The monoisotopic (exact) mass is 310 g/mol. The van der Waals surface area contributed by atoms with Gasteiger partial charge < -0.3 is 11.0 Å². The van der Waals surface area contributed by atoms with Crippen molar-refractivity contribution < 1.29 is 67.1 Å². The molecule has 0 atom stereocenters. The molecule has 0 aliphatic heterocycles. The predicted octanol–water partition coefficient (Wildman–Crippen LogP) is -1.16. The zero-order chi connectivity index (χ0) is 0. The van der Waals surface area contributed by atoms with Crippen LogP contribution in [0.15, 0.2) is 0 Å². The van der Waals surface area contributed by atoms with Crippen LogP contribution in [0.25, 0.3) is 0 Å². The largest absolute Gasteiger partial charge is 4.00 e. The normalized spacial score (nSPS) is 0. The van der Waals surface area contributed by atoms with Crippen LogP contribution in [0.3, 0.4) is 0 Å². The van der Waals surface area contributed by atoms with Crippen molar-refractivity contribution in [3.63, 3.8) is 0 Å². The topological polar surface area (TPSA) is 57.0 Å². The van der Waals surface area contributed by atoms with Crippen LogP contribution in [0, 0.1) is 0 Å². The molecule has 0 aromatic heterocycles. The van der Waals surface area contributed by atoms with E-state index in [0.717, 1.165) is 0 Å². The van der Waals surface area contributed by atoms with Gasteiger partial charge in [-0.05, 0) is 0 Å². The molecule has 0 aromatic carbocycles. The van der Waals surface area contributed by atoms with Crippen LogP contribution in [0.5, 0.6) is 0 Å². The van der Waals surface area contributed by atoms with Crippen LogP contribution in [0.2, 0.25) is 0 Å². The Bertz CT molecular complexity index is 13.5. The van der Waals surface area contributed by atoms with Crippen LogP contribution in [-0.4, -0.2) is 23.9 Å². The van der Waals surface area contributed by atoms with Gasteiger partial charge in [-0.25, -0.2) is 0 Å². The van der Waals surface area contributed by atoms with Crippen molar-refractivity contribution in [3.05, 3.63) is 0 Å². The van der Waals surface area contributed by atoms with E-state index in [9.17, 15) is 0 Å². The molecule has 0 N–H and O–H groups in total. The molecule has 0 unspecified atom stereocenters. The van der Waals surface area contributed by atoms with Crippen LogP contribution in [-0.2, 0) is 67.1 Å². The summed E-state index contributed by atoms with van der Waals surface area (Å²) < 4.78 is 0.